The molecule has 0 radical (unpaired) electrons. The molecule has 3 fully saturated rings. The second kappa shape index (κ2) is 5.77. The Bertz CT molecular complexity index is 867. The normalized spacial score (nSPS) is 28.2. The maximum Gasteiger partial charge on any atom is 0.332 e. The van der Waals surface area contributed by atoms with E-state index in [0.717, 1.165) is 25.7 Å². The maximum absolute atomic E-state index is 12.6. The fraction of sp³-hybridized carbons (Fsp3) is 0.778. The van der Waals surface area contributed by atoms with Crippen LogP contribution < -0.4 is 11.1 Å². The average Bonchev–Trinajstić information content (AvgIpc) is 3.37. The number of amides is 1. The largest absolute Gasteiger partial charge is 0.363 e. The van der Waals surface area contributed by atoms with E-state index in [0.29, 0.717) is 44.3 Å². The quantitative estimate of drug-likeness (QED) is 0.715. The molecule has 0 unspecified atom stereocenters. The molecular formula is C18H24N4O4. The number of ether oxygens (including phenoxy) is 1. The Labute approximate surface area is 150 Å². The van der Waals surface area contributed by atoms with E-state index in [-0.39, 0.29) is 18.4 Å². The van der Waals surface area contributed by atoms with Gasteiger partial charge in [0.15, 0.2) is 5.82 Å². The van der Waals surface area contributed by atoms with Crippen LogP contribution in [-0.4, -0.2) is 43.8 Å². The third-order valence-corrected chi connectivity index (χ3v) is 6.37. The Kier molecular flexibility index (Phi) is 3.60. The van der Waals surface area contributed by atoms with Crippen LogP contribution in [0.4, 0.5) is 0 Å². The van der Waals surface area contributed by atoms with Crippen LogP contribution in [0.5, 0.6) is 0 Å². The summed E-state index contributed by atoms with van der Waals surface area (Å²) in [6.45, 7) is 2.20. The second-order valence-corrected chi connectivity index (χ2v) is 8.35. The highest BCUT2D eigenvalue weighted by atomic mass is 16.5. The predicted octanol–water partition coefficient (Wildman–Crippen LogP) is 0.116. The van der Waals surface area contributed by atoms with Crippen molar-refractivity contribution in [2.45, 2.75) is 63.8 Å². The van der Waals surface area contributed by atoms with Gasteiger partial charge in [-0.1, -0.05) is 6.42 Å². The van der Waals surface area contributed by atoms with Gasteiger partial charge in [0.1, 0.15) is 12.2 Å². The highest BCUT2D eigenvalue weighted by molar-refractivity contribution is 5.81. The van der Waals surface area contributed by atoms with Crippen LogP contribution in [0.3, 0.4) is 0 Å². The summed E-state index contributed by atoms with van der Waals surface area (Å²) in [7, 11) is 0. The van der Waals surface area contributed by atoms with Crippen LogP contribution in [0.1, 0.15) is 44.3 Å². The smallest absolute Gasteiger partial charge is 0.332 e. The number of likely N-dealkylation sites (tertiary alicyclic amines) is 1. The van der Waals surface area contributed by atoms with Gasteiger partial charge in [0.2, 0.25) is 5.91 Å². The van der Waals surface area contributed by atoms with Gasteiger partial charge in [0.05, 0.1) is 13.1 Å². The fourth-order valence-corrected chi connectivity index (χ4v) is 4.31. The van der Waals surface area contributed by atoms with Crippen LogP contribution in [0.25, 0.3) is 0 Å². The Hall–Kier alpha value is -1.96. The zero-order valence-electron chi connectivity index (χ0n) is 14.9. The monoisotopic (exact) mass is 360 g/mol. The first-order chi connectivity index (χ1) is 12.5. The van der Waals surface area contributed by atoms with Crippen molar-refractivity contribution in [1.29, 1.82) is 0 Å². The highest BCUT2D eigenvalue weighted by Gasteiger charge is 2.47. The molecule has 2 aliphatic carbocycles. The number of fused-ring (bicyclic) bond motifs is 1. The summed E-state index contributed by atoms with van der Waals surface area (Å²) in [4.78, 5) is 39.3. The highest BCUT2D eigenvalue weighted by Crippen LogP contribution is 2.36. The minimum absolute atomic E-state index is 0.184. The molecule has 2 saturated carbocycles. The van der Waals surface area contributed by atoms with Crippen molar-refractivity contribution in [1.82, 2.24) is 19.2 Å². The molecule has 1 aromatic rings. The molecule has 1 amide bonds. The number of hydrogen-bond acceptors (Lipinski definition) is 5. The molecule has 1 aromatic heterocycles. The molecule has 8 heteroatoms. The van der Waals surface area contributed by atoms with Crippen LogP contribution in [-0.2, 0) is 29.2 Å². The number of carbonyl (C=O) groups excluding carboxylic acids is 1. The molecule has 26 heavy (non-hydrogen) atoms. The third-order valence-electron chi connectivity index (χ3n) is 6.37. The number of carbonyl (C=O) groups is 1. The van der Waals surface area contributed by atoms with Gasteiger partial charge in [0, 0.05) is 19.0 Å². The molecule has 140 valence electrons. The van der Waals surface area contributed by atoms with Crippen molar-refractivity contribution >= 4 is 5.91 Å². The number of nitrogens with zero attached hydrogens (tertiary/aromatic N) is 4. The van der Waals surface area contributed by atoms with Crippen LogP contribution in [0.2, 0.25) is 0 Å². The zero-order valence-corrected chi connectivity index (χ0v) is 14.9. The molecule has 0 aromatic carbocycles. The molecule has 1 saturated heterocycles. The first-order valence-corrected chi connectivity index (χ1v) is 9.68. The van der Waals surface area contributed by atoms with E-state index >= 15 is 0 Å². The van der Waals surface area contributed by atoms with Gasteiger partial charge < -0.3 is 9.64 Å². The third kappa shape index (κ3) is 2.62. The molecule has 1 atom stereocenters. The summed E-state index contributed by atoms with van der Waals surface area (Å²) in [6.07, 6.45) is 6.04. The van der Waals surface area contributed by atoms with Crippen molar-refractivity contribution in [2.24, 2.45) is 11.8 Å². The van der Waals surface area contributed by atoms with E-state index in [1.165, 1.54) is 15.7 Å². The number of rotatable bonds is 3. The lowest BCUT2D eigenvalue weighted by molar-refractivity contribution is -0.134. The van der Waals surface area contributed by atoms with Gasteiger partial charge in [-0.15, -0.1) is 0 Å². The van der Waals surface area contributed by atoms with Crippen molar-refractivity contribution in [2.75, 3.05) is 13.1 Å². The van der Waals surface area contributed by atoms with E-state index in [1.54, 1.807) is 0 Å². The second-order valence-electron chi connectivity index (χ2n) is 8.35. The molecular weight excluding hydrogens is 336 g/mol. The molecule has 3 heterocycles. The average molecular weight is 360 g/mol. The summed E-state index contributed by atoms with van der Waals surface area (Å²) >= 11 is 0. The molecule has 5 rings (SSSR count). The summed E-state index contributed by atoms with van der Waals surface area (Å²) in [6, 6.07) is 0. The molecule has 0 N–H and O–H groups in total. The van der Waals surface area contributed by atoms with Crippen molar-refractivity contribution < 1.29 is 9.53 Å². The minimum atomic E-state index is -0.560. The summed E-state index contributed by atoms with van der Waals surface area (Å²) in [5, 5.41) is 4.40. The maximum atomic E-state index is 12.6. The number of hydrogen-bond donors (Lipinski definition) is 0. The first-order valence-electron chi connectivity index (χ1n) is 9.68. The predicted molar refractivity (Wildman–Crippen MR) is 91.5 cm³/mol. The summed E-state index contributed by atoms with van der Waals surface area (Å²) in [5.74, 6) is 1.36. The Morgan fingerprint density at radius 1 is 1.15 bits per heavy atom. The van der Waals surface area contributed by atoms with Crippen LogP contribution in [0.15, 0.2) is 9.59 Å². The lowest BCUT2D eigenvalue weighted by Gasteiger charge is -2.35. The van der Waals surface area contributed by atoms with E-state index in [9.17, 15) is 14.4 Å². The van der Waals surface area contributed by atoms with Gasteiger partial charge >= 0.3 is 11.1 Å². The Morgan fingerprint density at radius 2 is 1.96 bits per heavy atom. The topological polar surface area (TPSA) is 86.4 Å². The van der Waals surface area contributed by atoms with E-state index in [2.05, 4.69) is 5.10 Å². The van der Waals surface area contributed by atoms with Crippen molar-refractivity contribution in [3.63, 3.8) is 0 Å². The first kappa shape index (κ1) is 16.2. The van der Waals surface area contributed by atoms with E-state index < -0.39 is 16.7 Å². The van der Waals surface area contributed by atoms with Gasteiger partial charge in [-0.05, 0) is 38.0 Å². The van der Waals surface area contributed by atoms with E-state index in [1.807, 2.05) is 4.90 Å². The van der Waals surface area contributed by atoms with Gasteiger partial charge in [-0.2, -0.15) is 5.10 Å². The van der Waals surface area contributed by atoms with E-state index in [4.69, 9.17) is 4.74 Å². The van der Waals surface area contributed by atoms with Crippen LogP contribution in [0, 0.1) is 11.8 Å². The summed E-state index contributed by atoms with van der Waals surface area (Å²) < 4.78 is 8.91. The Balaban J connectivity index is 1.39. The molecule has 1 spiro atoms. The lowest BCUT2D eigenvalue weighted by atomic mass is 9.85. The van der Waals surface area contributed by atoms with Gasteiger partial charge in [-0.3, -0.25) is 19.0 Å². The van der Waals surface area contributed by atoms with Crippen molar-refractivity contribution in [3.8, 4) is 0 Å². The molecule has 2 aliphatic heterocycles. The van der Waals surface area contributed by atoms with Crippen molar-refractivity contribution in [3.05, 3.63) is 26.5 Å². The minimum Gasteiger partial charge on any atom is -0.363 e. The molecule has 0 bridgehead atoms. The molecule has 4 aliphatic rings. The molecule has 8 nitrogen and oxygen atoms in total. The van der Waals surface area contributed by atoms with Crippen LogP contribution >= 0.6 is 0 Å². The standard InChI is InChI=1S/C18H24N4O4/c23-15(13-4-5-13)20-7-6-18(10-20)11-21-14(9-26-18)19-22(17(25)16(21)24)8-12-2-1-3-12/h12-13H,1-11H2/t18-/m0/s1. The summed E-state index contributed by atoms with van der Waals surface area (Å²) in [5.41, 5.74) is -1.61. The fourth-order valence-electron chi connectivity index (χ4n) is 4.31. The SMILES string of the molecule is O=C(C1CC1)N1CC[C@]2(C1)Cn1c(nn(CC3CCC3)c(=O)c1=O)CO2. The zero-order chi connectivity index (χ0) is 17.9. The van der Waals surface area contributed by atoms with Gasteiger partial charge in [-0.25, -0.2) is 4.68 Å². The number of aromatic nitrogens is 3. The van der Waals surface area contributed by atoms with Gasteiger partial charge in [0.25, 0.3) is 0 Å². The lowest BCUT2D eigenvalue weighted by Crippen LogP contribution is -2.53. The Morgan fingerprint density at radius 3 is 2.65 bits per heavy atom.